The maximum atomic E-state index is 5.48. The zero-order valence-corrected chi connectivity index (χ0v) is 17.7. The predicted octanol–water partition coefficient (Wildman–Crippen LogP) is 3.77. The summed E-state index contributed by atoms with van der Waals surface area (Å²) in [5.74, 6) is 2.08. The summed E-state index contributed by atoms with van der Waals surface area (Å²) in [6.45, 7) is 8.68. The third-order valence-electron chi connectivity index (χ3n) is 5.49. The molecule has 2 aromatic carbocycles. The summed E-state index contributed by atoms with van der Waals surface area (Å²) in [5.41, 5.74) is 3.84. The Balaban J connectivity index is 1.62. The summed E-state index contributed by atoms with van der Waals surface area (Å²) in [4.78, 5) is 5.06. The highest BCUT2D eigenvalue weighted by atomic mass is 16.5. The number of nitrogens with zero attached hydrogens (tertiary/aromatic N) is 2. The Morgan fingerprint density at radius 2 is 1.68 bits per heavy atom. The average Bonchev–Trinajstić information content (AvgIpc) is 2.71. The molecule has 0 spiro atoms. The van der Waals surface area contributed by atoms with E-state index in [9.17, 15) is 0 Å². The molecule has 0 aliphatic carbocycles. The smallest absolute Gasteiger partial charge is 0.203 e. The SMILES string of the molecule is COc1cc(CCN2CCN(c3cccc(C)c3)[C@@H](C)C2)cc(OC)c1OC. The first-order chi connectivity index (χ1) is 13.5. The first-order valence-corrected chi connectivity index (χ1v) is 9.90. The van der Waals surface area contributed by atoms with E-state index in [1.54, 1.807) is 21.3 Å². The molecule has 0 saturated carbocycles. The molecule has 1 aliphatic heterocycles. The molecule has 1 atom stereocenters. The maximum absolute atomic E-state index is 5.48. The summed E-state index contributed by atoms with van der Waals surface area (Å²) in [7, 11) is 4.95. The summed E-state index contributed by atoms with van der Waals surface area (Å²) >= 11 is 0. The second kappa shape index (κ2) is 9.20. The van der Waals surface area contributed by atoms with E-state index in [0.717, 1.165) is 44.1 Å². The highest BCUT2D eigenvalue weighted by Gasteiger charge is 2.24. The van der Waals surface area contributed by atoms with Gasteiger partial charge in [-0.3, -0.25) is 4.90 Å². The van der Waals surface area contributed by atoms with Gasteiger partial charge >= 0.3 is 0 Å². The van der Waals surface area contributed by atoms with Crippen molar-refractivity contribution < 1.29 is 14.2 Å². The van der Waals surface area contributed by atoms with Gasteiger partial charge in [-0.25, -0.2) is 0 Å². The van der Waals surface area contributed by atoms with Crippen molar-refractivity contribution in [2.24, 2.45) is 0 Å². The van der Waals surface area contributed by atoms with Crippen LogP contribution in [0.1, 0.15) is 18.1 Å². The fourth-order valence-electron chi connectivity index (χ4n) is 3.99. The molecule has 0 aromatic heterocycles. The van der Waals surface area contributed by atoms with E-state index in [4.69, 9.17) is 14.2 Å². The standard InChI is InChI=1S/C23H32N2O3/c1-17-7-6-8-20(13-17)25-12-11-24(16-18(25)2)10-9-19-14-21(26-3)23(28-5)22(15-19)27-4/h6-8,13-15,18H,9-12,16H2,1-5H3/t18-/m0/s1. The largest absolute Gasteiger partial charge is 0.493 e. The normalized spacial score (nSPS) is 17.5. The van der Waals surface area contributed by atoms with Crippen LogP contribution in [0.5, 0.6) is 17.2 Å². The van der Waals surface area contributed by atoms with Crippen molar-refractivity contribution >= 4 is 5.69 Å². The Labute approximate surface area is 168 Å². The van der Waals surface area contributed by atoms with Gasteiger partial charge in [0.05, 0.1) is 21.3 Å². The van der Waals surface area contributed by atoms with E-state index in [0.29, 0.717) is 11.8 Å². The van der Waals surface area contributed by atoms with Crippen molar-refractivity contribution in [3.8, 4) is 17.2 Å². The Hall–Kier alpha value is -2.40. The monoisotopic (exact) mass is 384 g/mol. The van der Waals surface area contributed by atoms with Crippen molar-refractivity contribution in [1.29, 1.82) is 0 Å². The van der Waals surface area contributed by atoms with Crippen LogP contribution in [0.15, 0.2) is 36.4 Å². The van der Waals surface area contributed by atoms with Crippen molar-refractivity contribution in [2.75, 3.05) is 52.4 Å². The van der Waals surface area contributed by atoms with Gasteiger partial charge in [-0.2, -0.15) is 0 Å². The quantitative estimate of drug-likeness (QED) is 0.726. The van der Waals surface area contributed by atoms with Crippen LogP contribution in [0.3, 0.4) is 0 Å². The van der Waals surface area contributed by atoms with Gasteiger partial charge in [0.25, 0.3) is 0 Å². The molecular formula is C23H32N2O3. The van der Waals surface area contributed by atoms with E-state index in [1.165, 1.54) is 16.8 Å². The number of hydrogen-bond acceptors (Lipinski definition) is 5. The maximum Gasteiger partial charge on any atom is 0.203 e. The Morgan fingerprint density at radius 3 is 2.25 bits per heavy atom. The van der Waals surface area contributed by atoms with Crippen molar-refractivity contribution in [2.45, 2.75) is 26.3 Å². The van der Waals surface area contributed by atoms with Crippen LogP contribution >= 0.6 is 0 Å². The third kappa shape index (κ3) is 4.53. The molecule has 0 radical (unpaired) electrons. The number of rotatable bonds is 7. The van der Waals surface area contributed by atoms with Gasteiger partial charge in [-0.1, -0.05) is 12.1 Å². The lowest BCUT2D eigenvalue weighted by atomic mass is 10.1. The zero-order chi connectivity index (χ0) is 20.1. The Kier molecular flexibility index (Phi) is 6.68. The van der Waals surface area contributed by atoms with Gasteiger partial charge in [0, 0.05) is 37.9 Å². The number of aryl methyl sites for hydroxylation is 1. The molecule has 152 valence electrons. The number of hydrogen-bond donors (Lipinski definition) is 0. The number of anilines is 1. The van der Waals surface area contributed by atoms with Gasteiger partial charge in [-0.05, 0) is 55.7 Å². The minimum atomic E-state index is 0.496. The van der Waals surface area contributed by atoms with Crippen LogP contribution in [0.25, 0.3) is 0 Å². The summed E-state index contributed by atoms with van der Waals surface area (Å²) in [6, 6.07) is 13.4. The number of piperazine rings is 1. The predicted molar refractivity (Wildman–Crippen MR) is 114 cm³/mol. The molecule has 1 aliphatic rings. The van der Waals surface area contributed by atoms with Crippen LogP contribution in [0.2, 0.25) is 0 Å². The second-order valence-electron chi connectivity index (χ2n) is 7.47. The minimum absolute atomic E-state index is 0.496. The highest BCUT2D eigenvalue weighted by molar-refractivity contribution is 5.54. The lowest BCUT2D eigenvalue weighted by Crippen LogP contribution is -2.52. The molecular weight excluding hydrogens is 352 g/mol. The van der Waals surface area contributed by atoms with Crippen molar-refractivity contribution in [1.82, 2.24) is 4.90 Å². The van der Waals surface area contributed by atoms with Crippen LogP contribution in [0.4, 0.5) is 5.69 Å². The van der Waals surface area contributed by atoms with E-state index in [2.05, 4.69) is 47.9 Å². The lowest BCUT2D eigenvalue weighted by molar-refractivity contribution is 0.231. The zero-order valence-electron chi connectivity index (χ0n) is 17.7. The molecule has 28 heavy (non-hydrogen) atoms. The van der Waals surface area contributed by atoms with Gasteiger partial charge in [0.15, 0.2) is 11.5 Å². The Bertz CT molecular complexity index is 768. The van der Waals surface area contributed by atoms with E-state index < -0.39 is 0 Å². The lowest BCUT2D eigenvalue weighted by Gasteiger charge is -2.41. The first-order valence-electron chi connectivity index (χ1n) is 9.90. The van der Waals surface area contributed by atoms with Crippen LogP contribution < -0.4 is 19.1 Å². The molecule has 3 rings (SSSR count). The topological polar surface area (TPSA) is 34.2 Å². The van der Waals surface area contributed by atoms with Crippen LogP contribution in [-0.4, -0.2) is 58.5 Å². The molecule has 1 fully saturated rings. The van der Waals surface area contributed by atoms with E-state index >= 15 is 0 Å². The Morgan fingerprint density at radius 1 is 0.964 bits per heavy atom. The van der Waals surface area contributed by atoms with Crippen LogP contribution in [0, 0.1) is 6.92 Å². The molecule has 0 unspecified atom stereocenters. The molecule has 0 bridgehead atoms. The fourth-order valence-corrected chi connectivity index (χ4v) is 3.99. The molecule has 0 N–H and O–H groups in total. The number of methoxy groups -OCH3 is 3. The molecule has 5 nitrogen and oxygen atoms in total. The van der Waals surface area contributed by atoms with Gasteiger partial charge in [0.1, 0.15) is 0 Å². The average molecular weight is 385 g/mol. The summed E-state index contributed by atoms with van der Waals surface area (Å²) in [5, 5.41) is 0. The molecule has 0 amide bonds. The highest BCUT2D eigenvalue weighted by Crippen LogP contribution is 2.38. The van der Waals surface area contributed by atoms with E-state index in [-0.39, 0.29) is 0 Å². The van der Waals surface area contributed by atoms with Crippen molar-refractivity contribution in [3.05, 3.63) is 47.5 Å². The number of ether oxygens (including phenoxy) is 3. The molecule has 1 heterocycles. The molecule has 1 saturated heterocycles. The second-order valence-corrected chi connectivity index (χ2v) is 7.47. The van der Waals surface area contributed by atoms with E-state index in [1.807, 2.05) is 12.1 Å². The van der Waals surface area contributed by atoms with Gasteiger partial charge in [-0.15, -0.1) is 0 Å². The summed E-state index contributed by atoms with van der Waals surface area (Å²) in [6.07, 6.45) is 0.952. The number of benzene rings is 2. The molecule has 2 aromatic rings. The van der Waals surface area contributed by atoms with Gasteiger partial charge < -0.3 is 19.1 Å². The first kappa shape index (κ1) is 20.3. The van der Waals surface area contributed by atoms with Gasteiger partial charge in [0.2, 0.25) is 5.75 Å². The molecule has 5 heteroatoms. The van der Waals surface area contributed by atoms with Crippen molar-refractivity contribution in [3.63, 3.8) is 0 Å². The summed E-state index contributed by atoms with van der Waals surface area (Å²) < 4.78 is 16.4. The fraction of sp³-hybridized carbons (Fsp3) is 0.478. The minimum Gasteiger partial charge on any atom is -0.493 e. The third-order valence-corrected chi connectivity index (χ3v) is 5.49. The van der Waals surface area contributed by atoms with Crippen LogP contribution in [-0.2, 0) is 6.42 Å².